The summed E-state index contributed by atoms with van der Waals surface area (Å²) < 4.78 is 19.8. The van der Waals surface area contributed by atoms with Crippen LogP contribution in [0.2, 0.25) is 0 Å². The molecule has 0 heterocycles. The first kappa shape index (κ1) is 24.5. The summed E-state index contributed by atoms with van der Waals surface area (Å²) in [5, 5.41) is 9.14. The van der Waals surface area contributed by atoms with Crippen LogP contribution in [0.3, 0.4) is 0 Å². The van der Waals surface area contributed by atoms with Crippen LogP contribution in [0.5, 0.6) is 5.75 Å². The van der Waals surface area contributed by atoms with E-state index in [4.69, 9.17) is 4.74 Å². The number of amides is 1. The lowest BCUT2D eigenvalue weighted by atomic mass is 10.1. The molecule has 158 valence electrons. The van der Waals surface area contributed by atoms with Crippen LogP contribution in [-0.2, 0) is 4.79 Å². The van der Waals surface area contributed by atoms with Gasteiger partial charge in [-0.25, -0.2) is 4.39 Å². The number of benzene rings is 1. The predicted molar refractivity (Wildman–Crippen MR) is 121 cm³/mol. The quantitative estimate of drug-likeness (QED) is 0.273. The van der Waals surface area contributed by atoms with Crippen molar-refractivity contribution in [2.75, 3.05) is 20.2 Å². The maximum Gasteiger partial charge on any atom is 0.221 e. The highest BCUT2D eigenvalue weighted by molar-refractivity contribution is 14.0. The van der Waals surface area contributed by atoms with Crippen molar-refractivity contribution in [2.24, 2.45) is 10.9 Å². The summed E-state index contributed by atoms with van der Waals surface area (Å²) in [6, 6.07) is 5.00. The molecule has 0 aliphatic heterocycles. The molecular weight excluding hydrogens is 474 g/mol. The number of rotatable bonds is 9. The van der Waals surface area contributed by atoms with Crippen molar-refractivity contribution in [1.29, 1.82) is 0 Å². The lowest BCUT2D eigenvalue weighted by Crippen LogP contribution is -2.41. The van der Waals surface area contributed by atoms with Crippen molar-refractivity contribution in [3.05, 3.63) is 29.6 Å². The Labute approximate surface area is 184 Å². The summed E-state index contributed by atoms with van der Waals surface area (Å²) in [4.78, 5) is 15.8. The molecule has 28 heavy (non-hydrogen) atoms. The van der Waals surface area contributed by atoms with E-state index in [1.54, 1.807) is 13.1 Å². The summed E-state index contributed by atoms with van der Waals surface area (Å²) in [5.74, 6) is 1.09. The number of hydrogen-bond donors (Lipinski definition) is 3. The number of halogens is 2. The second-order valence-corrected chi connectivity index (χ2v) is 7.28. The minimum Gasteiger partial charge on any atom is -0.490 e. The van der Waals surface area contributed by atoms with Crippen molar-refractivity contribution in [3.8, 4) is 5.75 Å². The van der Waals surface area contributed by atoms with Crippen LogP contribution in [-0.4, -0.2) is 38.1 Å². The Bertz CT molecular complexity index is 666. The molecule has 0 saturated heterocycles. The maximum absolute atomic E-state index is 14.3. The van der Waals surface area contributed by atoms with Crippen LogP contribution in [0.4, 0.5) is 4.39 Å². The molecule has 1 amide bonds. The zero-order valence-corrected chi connectivity index (χ0v) is 19.4. The van der Waals surface area contributed by atoms with E-state index in [1.165, 1.54) is 18.9 Å². The summed E-state index contributed by atoms with van der Waals surface area (Å²) >= 11 is 0. The van der Waals surface area contributed by atoms with Gasteiger partial charge in [-0.3, -0.25) is 9.79 Å². The molecule has 1 aromatic rings. The number of ether oxygens (including phenoxy) is 1. The molecule has 0 spiro atoms. The van der Waals surface area contributed by atoms with E-state index in [2.05, 4.69) is 20.9 Å². The third kappa shape index (κ3) is 8.62. The average molecular weight is 506 g/mol. The molecule has 1 fully saturated rings. The lowest BCUT2D eigenvalue weighted by Gasteiger charge is -2.19. The van der Waals surface area contributed by atoms with Crippen LogP contribution in [0.1, 0.15) is 51.6 Å². The molecule has 1 aliphatic carbocycles. The Morgan fingerprint density at radius 1 is 1.29 bits per heavy atom. The summed E-state index contributed by atoms with van der Waals surface area (Å²) in [7, 11) is 1.66. The summed E-state index contributed by atoms with van der Waals surface area (Å²) in [6.07, 6.45) is 2.70. The van der Waals surface area contributed by atoms with Crippen LogP contribution in [0, 0.1) is 11.7 Å². The Hall–Kier alpha value is -1.58. The van der Waals surface area contributed by atoms with Crippen LogP contribution < -0.4 is 20.7 Å². The average Bonchev–Trinajstić information content (AvgIpc) is 3.43. The number of nitrogens with one attached hydrogen (secondary N) is 3. The van der Waals surface area contributed by atoms with Crippen LogP contribution >= 0.6 is 24.0 Å². The standard InChI is InChI=1S/C20H31FN4O2.HI/c1-13(2)24-19(26)9-10-23-20(22-4)25-14(3)16-7-8-18(17(21)11-16)27-12-15-5-6-15;/h7-8,11,13-15H,5-6,9-10,12H2,1-4H3,(H,24,26)(H2,22,23,25);1H. The van der Waals surface area contributed by atoms with Gasteiger partial charge in [0.2, 0.25) is 5.91 Å². The molecular formula is C20H32FIN4O2. The minimum atomic E-state index is -0.352. The zero-order valence-electron chi connectivity index (χ0n) is 17.0. The Kier molecular flexibility index (Phi) is 10.6. The van der Waals surface area contributed by atoms with Gasteiger partial charge in [0.25, 0.3) is 0 Å². The Balaban J connectivity index is 0.00000392. The van der Waals surface area contributed by atoms with Crippen LogP contribution in [0.25, 0.3) is 0 Å². The number of hydrogen-bond acceptors (Lipinski definition) is 3. The largest absolute Gasteiger partial charge is 0.490 e. The molecule has 8 heteroatoms. The van der Waals surface area contributed by atoms with Crippen molar-refractivity contribution in [3.63, 3.8) is 0 Å². The number of aliphatic imine (C=N–C) groups is 1. The van der Waals surface area contributed by atoms with E-state index in [0.717, 1.165) is 5.56 Å². The number of carbonyl (C=O) groups is 1. The zero-order chi connectivity index (χ0) is 19.8. The molecule has 1 unspecified atom stereocenters. The highest BCUT2D eigenvalue weighted by atomic mass is 127. The first-order valence-electron chi connectivity index (χ1n) is 9.57. The second kappa shape index (κ2) is 12.1. The topological polar surface area (TPSA) is 74.8 Å². The van der Waals surface area contributed by atoms with E-state index in [9.17, 15) is 9.18 Å². The lowest BCUT2D eigenvalue weighted by molar-refractivity contribution is -0.121. The fourth-order valence-electron chi connectivity index (χ4n) is 2.57. The molecule has 2 rings (SSSR count). The summed E-state index contributed by atoms with van der Waals surface area (Å²) in [6.45, 7) is 6.83. The van der Waals surface area contributed by atoms with E-state index in [1.807, 2.05) is 26.8 Å². The van der Waals surface area contributed by atoms with Gasteiger partial charge in [-0.1, -0.05) is 6.07 Å². The minimum absolute atomic E-state index is 0. The molecule has 0 radical (unpaired) electrons. The third-order valence-corrected chi connectivity index (χ3v) is 4.30. The molecule has 1 saturated carbocycles. The normalized spacial score (nSPS) is 14.9. The number of carbonyl (C=O) groups excluding carboxylic acids is 1. The van der Waals surface area contributed by atoms with Crippen molar-refractivity contribution in [2.45, 2.75) is 52.1 Å². The SMILES string of the molecule is CN=C(NCCC(=O)NC(C)C)NC(C)c1ccc(OCC2CC2)c(F)c1.I. The van der Waals surface area contributed by atoms with Crippen molar-refractivity contribution >= 4 is 35.8 Å². The fraction of sp³-hybridized carbons (Fsp3) is 0.600. The molecule has 1 aromatic carbocycles. The molecule has 6 nitrogen and oxygen atoms in total. The Morgan fingerprint density at radius 3 is 2.57 bits per heavy atom. The maximum atomic E-state index is 14.3. The smallest absolute Gasteiger partial charge is 0.221 e. The first-order valence-corrected chi connectivity index (χ1v) is 9.57. The number of guanidine groups is 1. The molecule has 1 atom stereocenters. The second-order valence-electron chi connectivity index (χ2n) is 7.28. The summed E-state index contributed by atoms with van der Waals surface area (Å²) in [5.41, 5.74) is 0.798. The van der Waals surface area contributed by atoms with Crippen molar-refractivity contribution < 1.29 is 13.9 Å². The fourth-order valence-corrected chi connectivity index (χ4v) is 2.57. The molecule has 3 N–H and O–H groups in total. The van der Waals surface area contributed by atoms with Gasteiger partial charge in [0, 0.05) is 26.1 Å². The number of nitrogens with zero attached hydrogens (tertiary/aromatic N) is 1. The van der Waals surface area contributed by atoms with Gasteiger partial charge in [0.05, 0.1) is 12.6 Å². The predicted octanol–water partition coefficient (Wildman–Crippen LogP) is 3.37. The van der Waals surface area contributed by atoms with Gasteiger partial charge in [0.15, 0.2) is 17.5 Å². The van der Waals surface area contributed by atoms with E-state index < -0.39 is 0 Å². The third-order valence-electron chi connectivity index (χ3n) is 4.30. The first-order chi connectivity index (χ1) is 12.9. The highest BCUT2D eigenvalue weighted by Gasteiger charge is 2.22. The van der Waals surface area contributed by atoms with E-state index in [-0.39, 0.29) is 47.8 Å². The molecule has 0 bridgehead atoms. The van der Waals surface area contributed by atoms with Gasteiger partial charge in [-0.05, 0) is 57.2 Å². The van der Waals surface area contributed by atoms with Gasteiger partial charge in [-0.15, -0.1) is 24.0 Å². The molecule has 0 aromatic heterocycles. The van der Waals surface area contributed by atoms with Crippen LogP contribution in [0.15, 0.2) is 23.2 Å². The van der Waals surface area contributed by atoms with Gasteiger partial charge in [0.1, 0.15) is 0 Å². The van der Waals surface area contributed by atoms with Gasteiger partial charge in [-0.2, -0.15) is 0 Å². The van der Waals surface area contributed by atoms with Gasteiger partial charge >= 0.3 is 0 Å². The van der Waals surface area contributed by atoms with E-state index >= 15 is 0 Å². The van der Waals surface area contributed by atoms with Gasteiger partial charge < -0.3 is 20.7 Å². The van der Waals surface area contributed by atoms with Crippen molar-refractivity contribution in [1.82, 2.24) is 16.0 Å². The van der Waals surface area contributed by atoms with E-state index in [0.29, 0.717) is 37.2 Å². The molecule has 1 aliphatic rings. The monoisotopic (exact) mass is 506 g/mol. The highest BCUT2D eigenvalue weighted by Crippen LogP contribution is 2.30. The Morgan fingerprint density at radius 2 is 2.00 bits per heavy atom.